The maximum atomic E-state index is 11.6. The highest BCUT2D eigenvalue weighted by Crippen LogP contribution is 2.19. The van der Waals surface area contributed by atoms with E-state index in [0.29, 0.717) is 0 Å². The molecule has 2 N–H and O–H groups in total. The molecule has 0 aromatic rings. The van der Waals surface area contributed by atoms with E-state index in [1.54, 1.807) is 0 Å². The van der Waals surface area contributed by atoms with E-state index in [1.165, 1.54) is 116 Å². The van der Waals surface area contributed by atoms with Crippen molar-refractivity contribution in [3.8, 4) is 0 Å². The van der Waals surface area contributed by atoms with Crippen molar-refractivity contribution >= 4 is 5.91 Å². The monoisotopic (exact) mass is 367 g/mol. The fourth-order valence-corrected chi connectivity index (χ4v) is 3.83. The number of hydrogen-bond donors (Lipinski definition) is 1. The Kier molecular flexibility index (Phi) is 20.4. The van der Waals surface area contributed by atoms with Crippen molar-refractivity contribution in [2.45, 2.75) is 142 Å². The molecule has 1 atom stereocenters. The number of hydrogen-bond acceptors (Lipinski definition) is 1. The molecule has 0 aliphatic heterocycles. The lowest BCUT2D eigenvalue weighted by molar-refractivity contribution is -0.122. The predicted octanol–water partition coefficient (Wildman–Crippen LogP) is 7.93. The van der Waals surface area contributed by atoms with Gasteiger partial charge in [-0.05, 0) is 12.8 Å². The van der Waals surface area contributed by atoms with Gasteiger partial charge in [-0.2, -0.15) is 0 Å². The molecule has 0 radical (unpaired) electrons. The average Bonchev–Trinajstić information content (AvgIpc) is 2.63. The molecule has 0 rings (SSSR count). The van der Waals surface area contributed by atoms with Gasteiger partial charge < -0.3 is 5.73 Å². The van der Waals surface area contributed by atoms with Crippen LogP contribution in [0.15, 0.2) is 0 Å². The number of unbranched alkanes of at least 4 members (excludes halogenated alkanes) is 16. The summed E-state index contributed by atoms with van der Waals surface area (Å²) in [5, 5.41) is 0. The molecule has 2 heteroatoms. The summed E-state index contributed by atoms with van der Waals surface area (Å²) in [6, 6.07) is 0. The lowest BCUT2D eigenvalue weighted by Gasteiger charge is -2.13. The summed E-state index contributed by atoms with van der Waals surface area (Å²) in [5.74, 6) is 0.0559. The van der Waals surface area contributed by atoms with Gasteiger partial charge in [0.1, 0.15) is 0 Å². The minimum absolute atomic E-state index is 0.0730. The molecule has 0 fully saturated rings. The van der Waals surface area contributed by atoms with E-state index in [2.05, 4.69) is 13.8 Å². The number of nitrogens with two attached hydrogens (primary N) is 1. The standard InChI is InChI=1S/C24H49NO/c1-3-5-7-9-10-11-12-13-14-15-16-17-18-20-22-23(24(25)26)21-19-8-6-4-2/h23H,3-22H2,1-2H3,(H2,25,26). The smallest absolute Gasteiger partial charge is 0.220 e. The molecule has 0 saturated carbocycles. The van der Waals surface area contributed by atoms with Crippen LogP contribution in [0.1, 0.15) is 142 Å². The number of amides is 1. The lowest BCUT2D eigenvalue weighted by atomic mass is 9.94. The van der Waals surface area contributed by atoms with Crippen molar-refractivity contribution < 1.29 is 4.79 Å². The van der Waals surface area contributed by atoms with Crippen LogP contribution in [0.2, 0.25) is 0 Å². The van der Waals surface area contributed by atoms with Gasteiger partial charge in [0.25, 0.3) is 0 Å². The van der Waals surface area contributed by atoms with Crippen LogP contribution in [0, 0.1) is 5.92 Å². The predicted molar refractivity (Wildman–Crippen MR) is 116 cm³/mol. The van der Waals surface area contributed by atoms with Crippen LogP contribution >= 0.6 is 0 Å². The Morgan fingerprint density at radius 1 is 0.538 bits per heavy atom. The highest BCUT2D eigenvalue weighted by Gasteiger charge is 2.14. The SMILES string of the molecule is CCCCCCCCCCCCCCCCC(CCCCCC)C(N)=O. The Labute approximate surface area is 165 Å². The third-order valence-electron chi connectivity index (χ3n) is 5.71. The molecule has 1 unspecified atom stereocenters. The molecule has 0 spiro atoms. The summed E-state index contributed by atoms with van der Waals surface area (Å²) in [5.41, 5.74) is 5.57. The number of primary amides is 1. The van der Waals surface area contributed by atoms with E-state index in [-0.39, 0.29) is 11.8 Å². The summed E-state index contributed by atoms with van der Waals surface area (Å²) < 4.78 is 0. The Morgan fingerprint density at radius 2 is 0.808 bits per heavy atom. The van der Waals surface area contributed by atoms with Crippen LogP contribution in [0.3, 0.4) is 0 Å². The number of carbonyl (C=O) groups is 1. The second-order valence-electron chi connectivity index (χ2n) is 8.33. The second kappa shape index (κ2) is 20.8. The summed E-state index contributed by atoms with van der Waals surface area (Å²) >= 11 is 0. The maximum Gasteiger partial charge on any atom is 0.220 e. The molecule has 0 aromatic heterocycles. The van der Waals surface area contributed by atoms with Crippen LogP contribution in [0.25, 0.3) is 0 Å². The van der Waals surface area contributed by atoms with Gasteiger partial charge in [-0.1, -0.05) is 129 Å². The normalized spacial score (nSPS) is 12.4. The average molecular weight is 368 g/mol. The van der Waals surface area contributed by atoms with E-state index in [0.717, 1.165) is 12.8 Å². The van der Waals surface area contributed by atoms with Gasteiger partial charge in [-0.25, -0.2) is 0 Å². The molecule has 156 valence electrons. The Balaban J connectivity index is 3.33. The molecular formula is C24H49NO. The van der Waals surface area contributed by atoms with Crippen molar-refractivity contribution in [1.82, 2.24) is 0 Å². The van der Waals surface area contributed by atoms with E-state index < -0.39 is 0 Å². The fraction of sp³-hybridized carbons (Fsp3) is 0.958. The molecule has 0 aliphatic rings. The lowest BCUT2D eigenvalue weighted by Crippen LogP contribution is -2.23. The third kappa shape index (κ3) is 18.3. The van der Waals surface area contributed by atoms with E-state index in [1.807, 2.05) is 0 Å². The summed E-state index contributed by atoms with van der Waals surface area (Å²) in [7, 11) is 0. The zero-order valence-electron chi connectivity index (χ0n) is 18.2. The van der Waals surface area contributed by atoms with Crippen LogP contribution in [-0.2, 0) is 4.79 Å². The Bertz CT molecular complexity index is 290. The maximum absolute atomic E-state index is 11.6. The van der Waals surface area contributed by atoms with Crippen LogP contribution < -0.4 is 5.73 Å². The zero-order chi connectivity index (χ0) is 19.3. The van der Waals surface area contributed by atoms with Gasteiger partial charge in [-0.3, -0.25) is 4.79 Å². The van der Waals surface area contributed by atoms with Crippen molar-refractivity contribution in [2.24, 2.45) is 11.7 Å². The minimum Gasteiger partial charge on any atom is -0.369 e. The first kappa shape index (κ1) is 25.5. The van der Waals surface area contributed by atoms with Gasteiger partial charge >= 0.3 is 0 Å². The van der Waals surface area contributed by atoms with E-state index in [4.69, 9.17) is 5.73 Å². The Morgan fingerprint density at radius 3 is 1.12 bits per heavy atom. The molecule has 0 aliphatic carbocycles. The first-order chi connectivity index (χ1) is 12.7. The summed E-state index contributed by atoms with van der Waals surface area (Å²) in [6.07, 6.45) is 26.3. The first-order valence-electron chi connectivity index (χ1n) is 12.0. The quantitative estimate of drug-likeness (QED) is 0.206. The highest BCUT2D eigenvalue weighted by atomic mass is 16.1. The molecule has 2 nitrogen and oxygen atoms in total. The number of rotatable bonds is 21. The van der Waals surface area contributed by atoms with E-state index >= 15 is 0 Å². The third-order valence-corrected chi connectivity index (χ3v) is 5.71. The largest absolute Gasteiger partial charge is 0.369 e. The van der Waals surface area contributed by atoms with Gasteiger partial charge in [0.15, 0.2) is 0 Å². The molecule has 0 bridgehead atoms. The van der Waals surface area contributed by atoms with Gasteiger partial charge in [0, 0.05) is 5.92 Å². The van der Waals surface area contributed by atoms with E-state index in [9.17, 15) is 4.79 Å². The summed E-state index contributed by atoms with van der Waals surface area (Å²) in [6.45, 7) is 4.50. The molecule has 0 aromatic carbocycles. The molecule has 0 saturated heterocycles. The van der Waals surface area contributed by atoms with Gasteiger partial charge in [0.2, 0.25) is 5.91 Å². The van der Waals surface area contributed by atoms with Gasteiger partial charge in [-0.15, -0.1) is 0 Å². The van der Waals surface area contributed by atoms with Crippen molar-refractivity contribution in [1.29, 1.82) is 0 Å². The van der Waals surface area contributed by atoms with Crippen molar-refractivity contribution in [3.63, 3.8) is 0 Å². The molecule has 0 heterocycles. The van der Waals surface area contributed by atoms with Crippen LogP contribution in [0.4, 0.5) is 0 Å². The summed E-state index contributed by atoms with van der Waals surface area (Å²) in [4.78, 5) is 11.6. The topological polar surface area (TPSA) is 43.1 Å². The Hall–Kier alpha value is -0.530. The highest BCUT2D eigenvalue weighted by molar-refractivity contribution is 5.76. The number of carbonyl (C=O) groups excluding carboxylic acids is 1. The van der Waals surface area contributed by atoms with Gasteiger partial charge in [0.05, 0.1) is 0 Å². The van der Waals surface area contributed by atoms with Crippen molar-refractivity contribution in [2.75, 3.05) is 0 Å². The fourth-order valence-electron chi connectivity index (χ4n) is 3.83. The zero-order valence-corrected chi connectivity index (χ0v) is 18.2. The molecule has 1 amide bonds. The molecular weight excluding hydrogens is 318 g/mol. The van der Waals surface area contributed by atoms with Crippen LogP contribution in [0.5, 0.6) is 0 Å². The van der Waals surface area contributed by atoms with Crippen molar-refractivity contribution in [3.05, 3.63) is 0 Å². The first-order valence-corrected chi connectivity index (χ1v) is 12.0. The minimum atomic E-state index is -0.0730. The van der Waals surface area contributed by atoms with Crippen LogP contribution in [-0.4, -0.2) is 5.91 Å². The molecule has 26 heavy (non-hydrogen) atoms. The second-order valence-corrected chi connectivity index (χ2v) is 8.33.